The quantitative estimate of drug-likeness (QED) is 0.131. The maximum absolute atomic E-state index is 13.7. The van der Waals surface area contributed by atoms with E-state index >= 15 is 0 Å². The van der Waals surface area contributed by atoms with Gasteiger partial charge in [0, 0.05) is 38.2 Å². The third-order valence-corrected chi connectivity index (χ3v) is 9.50. The van der Waals surface area contributed by atoms with Crippen molar-refractivity contribution in [3.63, 3.8) is 0 Å². The number of hydrogen-bond donors (Lipinski definition) is 1. The van der Waals surface area contributed by atoms with E-state index in [9.17, 15) is 13.2 Å². The molecular weight excluding hydrogens is 615 g/mol. The van der Waals surface area contributed by atoms with Crippen LogP contribution in [0.1, 0.15) is 38.4 Å². The lowest BCUT2D eigenvalue weighted by molar-refractivity contribution is 0.0955. The lowest BCUT2D eigenvalue weighted by Gasteiger charge is -2.26. The topological polar surface area (TPSA) is 83.8 Å². The van der Waals surface area contributed by atoms with Crippen molar-refractivity contribution in [2.75, 3.05) is 4.31 Å². The summed E-state index contributed by atoms with van der Waals surface area (Å²) in [6.45, 7) is 5.86. The maximum Gasteiger partial charge on any atom is 0.271 e. The molecule has 0 saturated heterocycles. The molecule has 1 amide bonds. The molecule has 0 unspecified atom stereocenters. The number of nitrogens with one attached hydrogen (secondary N) is 1. The molecule has 44 heavy (non-hydrogen) atoms. The summed E-state index contributed by atoms with van der Waals surface area (Å²) in [7, 11) is -3.91. The second kappa shape index (κ2) is 13.1. The Morgan fingerprint density at radius 1 is 0.864 bits per heavy atom. The van der Waals surface area contributed by atoms with Crippen LogP contribution in [0.2, 0.25) is 10.0 Å². The van der Waals surface area contributed by atoms with E-state index in [1.54, 1.807) is 79.0 Å². The molecule has 1 heterocycles. The van der Waals surface area contributed by atoms with Gasteiger partial charge in [-0.25, -0.2) is 13.8 Å². The van der Waals surface area contributed by atoms with Gasteiger partial charge in [-0.2, -0.15) is 5.10 Å². The third kappa shape index (κ3) is 6.73. The van der Waals surface area contributed by atoms with Gasteiger partial charge in [-0.1, -0.05) is 59.6 Å². The van der Waals surface area contributed by atoms with E-state index in [1.165, 1.54) is 4.31 Å². The van der Waals surface area contributed by atoms with Crippen molar-refractivity contribution in [1.82, 2.24) is 9.99 Å². The average molecular weight is 646 g/mol. The molecule has 7 nitrogen and oxygen atoms in total. The van der Waals surface area contributed by atoms with E-state index in [0.29, 0.717) is 26.9 Å². The fourth-order valence-corrected chi connectivity index (χ4v) is 6.75. The number of anilines is 1. The number of aryl methyl sites for hydroxylation is 2. The number of benzene rings is 4. The first kappa shape index (κ1) is 31.1. The third-order valence-electron chi connectivity index (χ3n) is 7.24. The van der Waals surface area contributed by atoms with Gasteiger partial charge in [-0.05, 0) is 98.6 Å². The number of hydrogen-bond acceptors (Lipinski definition) is 4. The molecule has 5 aromatic rings. The Morgan fingerprint density at radius 2 is 1.52 bits per heavy atom. The summed E-state index contributed by atoms with van der Waals surface area (Å²) in [5.74, 6) is -0.390. The Balaban J connectivity index is 1.32. The van der Waals surface area contributed by atoms with Crippen molar-refractivity contribution in [2.45, 2.75) is 32.2 Å². The number of carbonyl (C=O) groups excluding carboxylic acids is 1. The molecular formula is C34H30Cl2N4O3S. The molecule has 0 saturated carbocycles. The molecule has 1 N–H and O–H groups in total. The minimum Gasteiger partial charge on any atom is -0.318 e. The highest BCUT2D eigenvalue weighted by atomic mass is 35.5. The molecule has 224 valence electrons. The number of halogens is 2. The van der Waals surface area contributed by atoms with Crippen molar-refractivity contribution < 1.29 is 13.2 Å². The average Bonchev–Trinajstić information content (AvgIpc) is 3.30. The molecule has 0 aliphatic carbocycles. The molecule has 0 aliphatic heterocycles. The molecule has 0 bridgehead atoms. The lowest BCUT2D eigenvalue weighted by Crippen LogP contribution is -2.31. The second-order valence-electron chi connectivity index (χ2n) is 10.3. The van der Waals surface area contributed by atoms with Crippen LogP contribution in [0.4, 0.5) is 5.69 Å². The predicted molar refractivity (Wildman–Crippen MR) is 178 cm³/mol. The lowest BCUT2D eigenvalue weighted by atomic mass is 10.1. The van der Waals surface area contributed by atoms with Gasteiger partial charge in [0.25, 0.3) is 15.9 Å². The highest BCUT2D eigenvalue weighted by molar-refractivity contribution is 7.92. The number of sulfonamides is 1. The van der Waals surface area contributed by atoms with E-state index in [-0.39, 0.29) is 11.4 Å². The molecule has 10 heteroatoms. The molecule has 0 aliphatic rings. The van der Waals surface area contributed by atoms with Crippen LogP contribution in [-0.2, 0) is 16.6 Å². The molecule has 0 atom stereocenters. The standard InChI is InChI=1S/C34H30Cl2N4O3S/c1-23-9-14-30(36)20-33(23)39(44(42,43)32-7-5-4-6-8-32)22-26-10-12-27(13-11-26)34(41)38-37-21-28-19-24(2)40(25(28)3)31-17-15-29(35)16-18-31/h4-21H,22H2,1-3H3,(H,38,41)/b37-21+. The van der Waals surface area contributed by atoms with Crippen molar-refractivity contribution >= 4 is 51.0 Å². The van der Waals surface area contributed by atoms with Gasteiger partial charge in [-0.15, -0.1) is 0 Å². The maximum atomic E-state index is 13.7. The summed E-state index contributed by atoms with van der Waals surface area (Å²) in [6, 6.07) is 29.7. The number of rotatable bonds is 9. The Labute approximate surface area is 267 Å². The number of nitrogens with zero attached hydrogens (tertiary/aromatic N) is 3. The van der Waals surface area contributed by atoms with Gasteiger partial charge < -0.3 is 4.57 Å². The zero-order valence-electron chi connectivity index (χ0n) is 24.3. The monoisotopic (exact) mass is 644 g/mol. The number of aromatic nitrogens is 1. The van der Waals surface area contributed by atoms with E-state index in [4.69, 9.17) is 23.2 Å². The van der Waals surface area contributed by atoms with Crippen molar-refractivity contribution in [1.29, 1.82) is 0 Å². The number of carbonyl (C=O) groups is 1. The fraction of sp³-hybridized carbons (Fsp3) is 0.118. The number of amides is 1. The zero-order chi connectivity index (χ0) is 31.4. The SMILES string of the molecule is Cc1ccc(Cl)cc1N(Cc1ccc(C(=O)N/N=C/c2cc(C)n(-c3ccc(Cl)cc3)c2C)cc1)S(=O)(=O)c1ccccc1. The summed E-state index contributed by atoms with van der Waals surface area (Å²) in [5.41, 5.74) is 8.73. The van der Waals surface area contributed by atoms with Crippen LogP contribution in [0.25, 0.3) is 5.69 Å². The first-order valence-electron chi connectivity index (χ1n) is 13.8. The van der Waals surface area contributed by atoms with Crippen LogP contribution in [0.5, 0.6) is 0 Å². The number of hydrazone groups is 1. The summed E-state index contributed by atoms with van der Waals surface area (Å²) in [6.07, 6.45) is 1.61. The van der Waals surface area contributed by atoms with E-state index in [2.05, 4.69) is 15.1 Å². The van der Waals surface area contributed by atoms with E-state index in [1.807, 2.05) is 51.1 Å². The van der Waals surface area contributed by atoms with Gasteiger partial charge in [-0.3, -0.25) is 9.10 Å². The second-order valence-corrected chi connectivity index (χ2v) is 13.0. The zero-order valence-corrected chi connectivity index (χ0v) is 26.7. The van der Waals surface area contributed by atoms with Gasteiger partial charge in [0.05, 0.1) is 23.3 Å². The van der Waals surface area contributed by atoms with E-state index in [0.717, 1.165) is 28.2 Å². The molecule has 0 radical (unpaired) electrons. The fourth-order valence-electron chi connectivity index (χ4n) is 4.93. The molecule has 0 spiro atoms. The van der Waals surface area contributed by atoms with Gasteiger partial charge in [0.2, 0.25) is 0 Å². The van der Waals surface area contributed by atoms with Crippen LogP contribution >= 0.6 is 23.2 Å². The predicted octanol–water partition coefficient (Wildman–Crippen LogP) is 7.87. The summed E-state index contributed by atoms with van der Waals surface area (Å²) in [4.78, 5) is 13.0. The Morgan fingerprint density at radius 3 is 2.20 bits per heavy atom. The van der Waals surface area contributed by atoms with Gasteiger partial charge in [0.15, 0.2) is 0 Å². The van der Waals surface area contributed by atoms with Gasteiger partial charge in [0.1, 0.15) is 0 Å². The minimum atomic E-state index is -3.91. The highest BCUT2D eigenvalue weighted by Crippen LogP contribution is 2.31. The van der Waals surface area contributed by atoms with Gasteiger partial charge >= 0.3 is 0 Å². The first-order chi connectivity index (χ1) is 21.0. The summed E-state index contributed by atoms with van der Waals surface area (Å²) >= 11 is 12.3. The molecule has 4 aromatic carbocycles. The van der Waals surface area contributed by atoms with Crippen LogP contribution < -0.4 is 9.73 Å². The van der Waals surface area contributed by atoms with Crippen LogP contribution in [-0.4, -0.2) is 25.1 Å². The summed E-state index contributed by atoms with van der Waals surface area (Å²) in [5, 5.41) is 5.27. The largest absolute Gasteiger partial charge is 0.318 e. The molecule has 0 fully saturated rings. The normalized spacial score (nSPS) is 11.6. The highest BCUT2D eigenvalue weighted by Gasteiger charge is 2.26. The molecule has 1 aromatic heterocycles. The van der Waals surface area contributed by atoms with E-state index < -0.39 is 15.9 Å². The first-order valence-corrected chi connectivity index (χ1v) is 16.0. The van der Waals surface area contributed by atoms with Crippen LogP contribution in [0, 0.1) is 20.8 Å². The Bertz CT molecular complexity index is 1940. The summed E-state index contributed by atoms with van der Waals surface area (Å²) < 4.78 is 30.9. The van der Waals surface area contributed by atoms with Crippen molar-refractivity contribution in [2.24, 2.45) is 5.10 Å². The molecule has 5 rings (SSSR count). The van der Waals surface area contributed by atoms with Crippen molar-refractivity contribution in [3.8, 4) is 5.69 Å². The minimum absolute atomic E-state index is 0.0434. The Hall–Kier alpha value is -4.37. The Kier molecular flexibility index (Phi) is 9.25. The van der Waals surface area contributed by atoms with Crippen LogP contribution in [0.3, 0.4) is 0 Å². The van der Waals surface area contributed by atoms with Crippen molar-refractivity contribution in [3.05, 3.63) is 147 Å². The smallest absolute Gasteiger partial charge is 0.271 e. The van der Waals surface area contributed by atoms with Crippen LogP contribution in [0.15, 0.2) is 113 Å².